The monoisotopic (exact) mass is 423 g/mol. The third-order valence-corrected chi connectivity index (χ3v) is 6.10. The van der Waals surface area contributed by atoms with Crippen molar-refractivity contribution in [1.29, 1.82) is 5.26 Å². The number of para-hydroxylation sites is 1. The molecule has 2 aromatic carbocycles. The molecule has 1 atom stereocenters. The predicted octanol–water partition coefficient (Wildman–Crippen LogP) is 5.02. The number of fused-ring (bicyclic) bond motifs is 1. The Labute approximate surface area is 182 Å². The number of carbonyl (C=O) groups excluding carboxylic acids is 1. The third kappa shape index (κ3) is 3.54. The molecule has 0 fully saturated rings. The van der Waals surface area contributed by atoms with Crippen LogP contribution in [0.3, 0.4) is 0 Å². The van der Waals surface area contributed by atoms with Crippen molar-refractivity contribution < 1.29 is 4.79 Å². The maximum Gasteiger partial charge on any atom is 0.319 e. The lowest BCUT2D eigenvalue weighted by atomic mass is 9.99. The molecule has 4 aromatic rings. The molecule has 2 aromatic heterocycles. The van der Waals surface area contributed by atoms with E-state index in [4.69, 9.17) is 15.2 Å². The normalized spacial score (nSPS) is 16.0. The van der Waals surface area contributed by atoms with Gasteiger partial charge in [0.2, 0.25) is 0 Å². The van der Waals surface area contributed by atoms with Crippen molar-refractivity contribution >= 4 is 33.8 Å². The van der Waals surface area contributed by atoms with Crippen molar-refractivity contribution in [3.05, 3.63) is 88.0 Å². The molecule has 150 valence electrons. The van der Waals surface area contributed by atoms with Gasteiger partial charge in [-0.05, 0) is 31.2 Å². The highest BCUT2D eigenvalue weighted by atomic mass is 32.1. The number of pyridine rings is 1. The Bertz CT molecular complexity index is 1380. The van der Waals surface area contributed by atoms with Crippen molar-refractivity contribution in [2.45, 2.75) is 13.0 Å². The highest BCUT2D eigenvalue weighted by Gasteiger charge is 2.30. The van der Waals surface area contributed by atoms with Gasteiger partial charge < -0.3 is 10.6 Å². The van der Waals surface area contributed by atoms with E-state index in [0.717, 1.165) is 44.1 Å². The number of allylic oxidation sites excluding steroid dienone is 1. The second-order valence-corrected chi connectivity index (χ2v) is 8.08. The molecule has 0 saturated carbocycles. The molecule has 2 N–H and O–H groups in total. The van der Waals surface area contributed by atoms with Gasteiger partial charge in [-0.3, -0.25) is 4.98 Å². The van der Waals surface area contributed by atoms with Crippen LogP contribution in [-0.4, -0.2) is 16.0 Å². The summed E-state index contributed by atoms with van der Waals surface area (Å²) in [4.78, 5) is 21.9. The zero-order chi connectivity index (χ0) is 21.4. The Morgan fingerprint density at radius 1 is 1.03 bits per heavy atom. The van der Waals surface area contributed by atoms with Gasteiger partial charge in [-0.2, -0.15) is 5.26 Å². The van der Waals surface area contributed by atoms with Crippen LogP contribution in [0.4, 0.5) is 4.79 Å². The van der Waals surface area contributed by atoms with E-state index in [2.05, 4.69) is 16.7 Å². The summed E-state index contributed by atoms with van der Waals surface area (Å²) in [5, 5.41) is 18.7. The fourth-order valence-electron chi connectivity index (χ4n) is 3.69. The van der Waals surface area contributed by atoms with E-state index >= 15 is 0 Å². The van der Waals surface area contributed by atoms with Crippen molar-refractivity contribution in [3.63, 3.8) is 0 Å². The van der Waals surface area contributed by atoms with E-state index < -0.39 is 6.04 Å². The number of nitrogens with zero attached hydrogens (tertiary/aromatic N) is 3. The fraction of sp³-hybridized carbons (Fsp3) is 0.0833. The number of aromatic nitrogens is 2. The molecule has 1 aliphatic heterocycles. The highest BCUT2D eigenvalue weighted by Crippen LogP contribution is 2.37. The van der Waals surface area contributed by atoms with E-state index in [0.29, 0.717) is 5.56 Å². The number of nitriles is 1. The van der Waals surface area contributed by atoms with E-state index in [1.165, 1.54) is 11.3 Å². The van der Waals surface area contributed by atoms with Gasteiger partial charge in [-0.25, -0.2) is 9.78 Å². The molecule has 2 amide bonds. The van der Waals surface area contributed by atoms with Gasteiger partial charge in [0.15, 0.2) is 0 Å². The summed E-state index contributed by atoms with van der Waals surface area (Å²) < 4.78 is 0. The Hall–Kier alpha value is -4.02. The molecular weight excluding hydrogens is 406 g/mol. The Morgan fingerprint density at radius 2 is 1.84 bits per heavy atom. The largest absolute Gasteiger partial charge is 0.325 e. The summed E-state index contributed by atoms with van der Waals surface area (Å²) in [5.41, 5.74) is 5.66. The molecule has 3 heterocycles. The maximum atomic E-state index is 12.3. The van der Waals surface area contributed by atoms with Crippen molar-refractivity contribution in [1.82, 2.24) is 20.6 Å². The van der Waals surface area contributed by atoms with E-state index in [1.54, 1.807) is 12.1 Å². The first-order chi connectivity index (χ1) is 15.1. The van der Waals surface area contributed by atoms with E-state index in [1.807, 2.05) is 60.8 Å². The van der Waals surface area contributed by atoms with Crippen LogP contribution in [0.5, 0.6) is 0 Å². The molecule has 31 heavy (non-hydrogen) atoms. The van der Waals surface area contributed by atoms with Gasteiger partial charge >= 0.3 is 6.03 Å². The SMILES string of the molecule is CC1=C(c2nc(-c3ccc(C#N)cc3)cs2)C(c2ccc3ccccc3n2)NC(=O)N1. The summed E-state index contributed by atoms with van der Waals surface area (Å²) in [6.07, 6.45) is 0. The lowest BCUT2D eigenvalue weighted by Crippen LogP contribution is -2.43. The zero-order valence-electron chi connectivity index (χ0n) is 16.6. The third-order valence-electron chi connectivity index (χ3n) is 5.23. The summed E-state index contributed by atoms with van der Waals surface area (Å²) in [6.45, 7) is 1.88. The van der Waals surface area contributed by atoms with Crippen LogP contribution in [0.1, 0.15) is 29.2 Å². The Morgan fingerprint density at radius 3 is 2.65 bits per heavy atom. The van der Waals surface area contributed by atoms with E-state index in [9.17, 15) is 4.79 Å². The van der Waals surface area contributed by atoms with Crippen molar-refractivity contribution in [2.75, 3.05) is 0 Å². The first kappa shape index (κ1) is 19.0. The van der Waals surface area contributed by atoms with Crippen LogP contribution in [0.25, 0.3) is 27.7 Å². The average molecular weight is 424 g/mol. The quantitative estimate of drug-likeness (QED) is 0.484. The summed E-state index contributed by atoms with van der Waals surface area (Å²) in [7, 11) is 0. The maximum absolute atomic E-state index is 12.3. The summed E-state index contributed by atoms with van der Waals surface area (Å²) >= 11 is 1.51. The predicted molar refractivity (Wildman–Crippen MR) is 121 cm³/mol. The molecule has 5 rings (SSSR count). The zero-order valence-corrected chi connectivity index (χ0v) is 17.4. The number of urea groups is 1. The number of thiazole rings is 1. The van der Waals surface area contributed by atoms with Crippen LogP contribution in [-0.2, 0) is 0 Å². The Kier molecular flexibility index (Phi) is 4.69. The molecule has 1 aliphatic rings. The molecule has 0 aliphatic carbocycles. The number of hydrogen-bond acceptors (Lipinski definition) is 5. The van der Waals surface area contributed by atoms with Gasteiger partial charge in [0.1, 0.15) is 11.0 Å². The van der Waals surface area contributed by atoms with Crippen molar-refractivity contribution in [3.8, 4) is 17.3 Å². The minimum atomic E-state index is -0.404. The fourth-order valence-corrected chi connectivity index (χ4v) is 4.65. The van der Waals surface area contributed by atoms with Crippen LogP contribution in [0, 0.1) is 11.3 Å². The van der Waals surface area contributed by atoms with Gasteiger partial charge in [0.05, 0.1) is 28.5 Å². The number of benzene rings is 2. The van der Waals surface area contributed by atoms with Crippen molar-refractivity contribution in [2.24, 2.45) is 0 Å². The van der Waals surface area contributed by atoms with Gasteiger partial charge in [0, 0.05) is 27.6 Å². The second-order valence-electron chi connectivity index (χ2n) is 7.23. The summed E-state index contributed by atoms with van der Waals surface area (Å²) in [6, 6.07) is 20.7. The molecule has 1 unspecified atom stereocenters. The number of rotatable bonds is 3. The first-order valence-electron chi connectivity index (χ1n) is 9.73. The topological polar surface area (TPSA) is 90.7 Å². The second kappa shape index (κ2) is 7.67. The highest BCUT2D eigenvalue weighted by molar-refractivity contribution is 7.11. The number of amides is 2. The van der Waals surface area contributed by atoms with Crippen LogP contribution in [0.15, 0.2) is 71.7 Å². The lowest BCUT2D eigenvalue weighted by molar-refractivity contribution is 0.240. The molecule has 7 heteroatoms. The summed E-state index contributed by atoms with van der Waals surface area (Å²) in [5.74, 6) is 0. The minimum absolute atomic E-state index is 0.259. The molecular formula is C24H17N5OS. The molecule has 0 saturated heterocycles. The average Bonchev–Trinajstić information content (AvgIpc) is 3.28. The number of nitrogens with one attached hydrogen (secondary N) is 2. The Balaban J connectivity index is 1.56. The smallest absolute Gasteiger partial charge is 0.319 e. The van der Waals surface area contributed by atoms with Gasteiger partial charge in [-0.15, -0.1) is 11.3 Å². The van der Waals surface area contributed by atoms with Crippen LogP contribution < -0.4 is 10.6 Å². The first-order valence-corrected chi connectivity index (χ1v) is 10.6. The number of carbonyl (C=O) groups is 1. The van der Waals surface area contributed by atoms with Gasteiger partial charge in [-0.1, -0.05) is 36.4 Å². The lowest BCUT2D eigenvalue weighted by Gasteiger charge is -2.27. The van der Waals surface area contributed by atoms with Crippen LogP contribution >= 0.6 is 11.3 Å². The van der Waals surface area contributed by atoms with E-state index in [-0.39, 0.29) is 6.03 Å². The number of hydrogen-bond donors (Lipinski definition) is 2. The van der Waals surface area contributed by atoms with Crippen LogP contribution in [0.2, 0.25) is 0 Å². The molecule has 0 bridgehead atoms. The molecule has 0 radical (unpaired) electrons. The molecule has 0 spiro atoms. The van der Waals surface area contributed by atoms with Gasteiger partial charge in [0.25, 0.3) is 0 Å². The standard InChI is InChI=1S/C24H17N5OS/c1-14-21(23-28-20(13-31-23)17-8-6-15(12-25)7-9-17)22(29-24(30)26-14)19-11-10-16-4-2-3-5-18(16)27-19/h2-11,13,22H,1H3,(H2,26,29,30). The minimum Gasteiger partial charge on any atom is -0.325 e. The molecule has 6 nitrogen and oxygen atoms in total.